The molecule has 0 unspecified atom stereocenters. The molecule has 2 aliphatic rings. The lowest BCUT2D eigenvalue weighted by Crippen LogP contribution is -2.16. The first kappa shape index (κ1) is 31.6. The molecule has 0 amide bonds. The van der Waals surface area contributed by atoms with E-state index in [9.17, 15) is 0 Å². The van der Waals surface area contributed by atoms with Crippen molar-refractivity contribution in [2.24, 2.45) is 0 Å². The van der Waals surface area contributed by atoms with Crippen LogP contribution < -0.4 is 4.90 Å². The Morgan fingerprint density at radius 1 is 0.426 bits per heavy atom. The summed E-state index contributed by atoms with van der Waals surface area (Å²) < 4.78 is 2.70. The second-order valence-electron chi connectivity index (χ2n) is 16.1. The topological polar surface area (TPSA) is 3.24 Å². The van der Waals surface area contributed by atoms with Crippen LogP contribution in [0.1, 0.15) is 49.9 Å². The molecule has 54 heavy (non-hydrogen) atoms. The zero-order chi connectivity index (χ0) is 36.3. The molecule has 0 N–H and O–H groups in total. The summed E-state index contributed by atoms with van der Waals surface area (Å²) in [7, 11) is 0. The number of benzene rings is 8. The third kappa shape index (κ3) is 4.38. The van der Waals surface area contributed by atoms with Crippen molar-refractivity contribution in [3.63, 3.8) is 0 Å². The third-order valence-electron chi connectivity index (χ3n) is 12.5. The van der Waals surface area contributed by atoms with E-state index in [0.717, 1.165) is 5.69 Å². The summed E-state index contributed by atoms with van der Waals surface area (Å²) in [6.07, 6.45) is 0. The van der Waals surface area contributed by atoms with Gasteiger partial charge >= 0.3 is 0 Å². The highest BCUT2D eigenvalue weighted by Crippen LogP contribution is 2.55. The van der Waals surface area contributed by atoms with E-state index in [0.29, 0.717) is 0 Å². The van der Waals surface area contributed by atoms with E-state index in [2.05, 4.69) is 196 Å². The molecule has 9 aromatic rings. The van der Waals surface area contributed by atoms with Crippen LogP contribution in [0.25, 0.3) is 64.3 Å². The average molecular weight is 710 g/mol. The molecule has 1 heterocycles. The minimum absolute atomic E-state index is 0.0465. The maximum Gasteiger partial charge on any atom is 0.0543 e. The smallest absolute Gasteiger partial charge is 0.0543 e. The summed E-state index contributed by atoms with van der Waals surface area (Å²) in [6, 6.07) is 61.5. The number of fused-ring (bicyclic) bond motifs is 11. The monoisotopic (exact) mass is 709 g/mol. The molecule has 0 saturated heterocycles. The van der Waals surface area contributed by atoms with Crippen molar-refractivity contribution in [3.05, 3.63) is 186 Å². The third-order valence-corrected chi connectivity index (χ3v) is 13.7. The molecule has 0 radical (unpaired) electrons. The van der Waals surface area contributed by atoms with Gasteiger partial charge in [0.1, 0.15) is 0 Å². The van der Waals surface area contributed by atoms with E-state index in [1.807, 2.05) is 11.3 Å². The first-order valence-electron chi connectivity index (χ1n) is 19.0. The predicted molar refractivity (Wildman–Crippen MR) is 232 cm³/mol. The second-order valence-corrected chi connectivity index (χ2v) is 17.2. The predicted octanol–water partition coefficient (Wildman–Crippen LogP) is 15.0. The van der Waals surface area contributed by atoms with E-state index in [4.69, 9.17) is 0 Å². The molecular weight excluding hydrogens is 671 g/mol. The van der Waals surface area contributed by atoms with Crippen LogP contribution in [-0.2, 0) is 10.8 Å². The minimum atomic E-state index is -0.0890. The molecule has 0 spiro atoms. The van der Waals surface area contributed by atoms with Gasteiger partial charge in [0.15, 0.2) is 0 Å². The van der Waals surface area contributed by atoms with Crippen molar-refractivity contribution >= 4 is 59.3 Å². The molecule has 0 atom stereocenters. The quantitative estimate of drug-likeness (QED) is 0.176. The van der Waals surface area contributed by atoms with Crippen LogP contribution in [0.4, 0.5) is 17.1 Å². The molecule has 2 aliphatic carbocycles. The number of hydrogen-bond acceptors (Lipinski definition) is 2. The molecule has 11 rings (SSSR count). The van der Waals surface area contributed by atoms with Gasteiger partial charge in [-0.2, -0.15) is 0 Å². The van der Waals surface area contributed by atoms with Crippen LogP contribution in [0, 0.1) is 0 Å². The van der Waals surface area contributed by atoms with Crippen molar-refractivity contribution in [1.29, 1.82) is 0 Å². The molecule has 8 aromatic carbocycles. The van der Waals surface area contributed by atoms with Gasteiger partial charge in [0.05, 0.1) is 5.69 Å². The van der Waals surface area contributed by atoms with Crippen LogP contribution in [0.3, 0.4) is 0 Å². The first-order chi connectivity index (χ1) is 26.3. The van der Waals surface area contributed by atoms with E-state index in [1.54, 1.807) is 0 Å². The summed E-state index contributed by atoms with van der Waals surface area (Å²) in [4.78, 5) is 2.50. The van der Waals surface area contributed by atoms with Gasteiger partial charge < -0.3 is 4.90 Å². The number of hydrogen-bond donors (Lipinski definition) is 0. The standard InChI is InChI=1S/C52H39NS/c1-51(2)43-15-8-5-12-37(43)42-31-36(27-29-45(42)51)53(47-18-11-17-46-49(47)40-14-6-9-16-44(40)52(46,3)4)35-25-22-32(23-26-35)34-21-20-33-24-28-39-38-13-7-10-19-48(38)54-50(39)41(33)30-34/h5-31H,1-4H3. The molecule has 0 saturated carbocycles. The van der Waals surface area contributed by atoms with Crippen LogP contribution >= 0.6 is 11.3 Å². The Balaban J connectivity index is 1.09. The van der Waals surface area contributed by atoms with E-state index < -0.39 is 0 Å². The lowest BCUT2D eigenvalue weighted by atomic mass is 9.82. The van der Waals surface area contributed by atoms with Gasteiger partial charge in [0, 0.05) is 53.3 Å². The van der Waals surface area contributed by atoms with Crippen LogP contribution in [-0.4, -0.2) is 0 Å². The van der Waals surface area contributed by atoms with Gasteiger partial charge in [-0.1, -0.05) is 149 Å². The molecular formula is C52H39NS. The van der Waals surface area contributed by atoms with Gasteiger partial charge in [0.25, 0.3) is 0 Å². The largest absolute Gasteiger partial charge is 0.310 e. The zero-order valence-electron chi connectivity index (χ0n) is 30.9. The Kier molecular flexibility index (Phi) is 6.59. The van der Waals surface area contributed by atoms with Gasteiger partial charge in [-0.25, -0.2) is 0 Å². The zero-order valence-corrected chi connectivity index (χ0v) is 31.8. The minimum Gasteiger partial charge on any atom is -0.310 e. The van der Waals surface area contributed by atoms with Gasteiger partial charge in [0.2, 0.25) is 0 Å². The highest BCUT2D eigenvalue weighted by molar-refractivity contribution is 7.26. The summed E-state index contributed by atoms with van der Waals surface area (Å²) in [5.74, 6) is 0. The number of anilines is 3. The van der Waals surface area contributed by atoms with E-state index in [-0.39, 0.29) is 10.8 Å². The Morgan fingerprint density at radius 3 is 1.89 bits per heavy atom. The molecule has 1 nitrogen and oxygen atoms in total. The van der Waals surface area contributed by atoms with Crippen LogP contribution in [0.2, 0.25) is 0 Å². The van der Waals surface area contributed by atoms with Crippen molar-refractivity contribution in [1.82, 2.24) is 0 Å². The molecule has 258 valence electrons. The van der Waals surface area contributed by atoms with Crippen LogP contribution in [0.5, 0.6) is 0 Å². The lowest BCUT2D eigenvalue weighted by Gasteiger charge is -2.30. The molecule has 1 aromatic heterocycles. The molecule has 2 heteroatoms. The SMILES string of the molecule is CC1(C)c2ccccc2-c2cc(N(c3ccc(-c4ccc5ccc6c7ccccc7sc6c5c4)cc3)c3cccc4c3-c3ccccc3C4(C)C)ccc21. The normalized spacial score (nSPS) is 14.6. The Bertz CT molecular complexity index is 3000. The number of thiophene rings is 1. The van der Waals surface area contributed by atoms with Gasteiger partial charge in [-0.3, -0.25) is 0 Å². The van der Waals surface area contributed by atoms with Gasteiger partial charge in [-0.15, -0.1) is 11.3 Å². The average Bonchev–Trinajstić information content (AvgIpc) is 3.79. The van der Waals surface area contributed by atoms with E-state index >= 15 is 0 Å². The summed E-state index contributed by atoms with van der Waals surface area (Å²) >= 11 is 1.90. The summed E-state index contributed by atoms with van der Waals surface area (Å²) in [5, 5.41) is 5.28. The lowest BCUT2D eigenvalue weighted by molar-refractivity contribution is 0.660. The fourth-order valence-electron chi connectivity index (χ4n) is 9.68. The Morgan fingerprint density at radius 2 is 1.06 bits per heavy atom. The summed E-state index contributed by atoms with van der Waals surface area (Å²) in [6.45, 7) is 9.45. The number of nitrogens with zero attached hydrogens (tertiary/aromatic N) is 1. The first-order valence-corrected chi connectivity index (χ1v) is 19.8. The van der Waals surface area contributed by atoms with Crippen molar-refractivity contribution < 1.29 is 0 Å². The van der Waals surface area contributed by atoms with Crippen molar-refractivity contribution in [2.45, 2.75) is 38.5 Å². The highest BCUT2D eigenvalue weighted by atomic mass is 32.1. The molecule has 0 fully saturated rings. The van der Waals surface area contributed by atoms with Gasteiger partial charge in [-0.05, 0) is 97.9 Å². The highest BCUT2D eigenvalue weighted by Gasteiger charge is 2.39. The maximum absolute atomic E-state index is 2.50. The fraction of sp³-hybridized carbons (Fsp3) is 0.115. The molecule has 0 bridgehead atoms. The Labute approximate surface area is 320 Å². The van der Waals surface area contributed by atoms with Crippen LogP contribution in [0.15, 0.2) is 164 Å². The van der Waals surface area contributed by atoms with Crippen molar-refractivity contribution in [2.75, 3.05) is 4.90 Å². The molecule has 0 aliphatic heterocycles. The van der Waals surface area contributed by atoms with E-state index in [1.165, 1.54) is 98.0 Å². The Hall–Kier alpha value is -5.96. The maximum atomic E-state index is 2.50. The number of rotatable bonds is 4. The summed E-state index contributed by atoms with van der Waals surface area (Å²) in [5.41, 5.74) is 16.7. The second kappa shape index (κ2) is 11.3. The van der Waals surface area contributed by atoms with Crippen molar-refractivity contribution in [3.8, 4) is 33.4 Å². The fourth-order valence-corrected chi connectivity index (χ4v) is 10.9.